The van der Waals surface area contributed by atoms with E-state index in [0.29, 0.717) is 19.4 Å². The lowest BCUT2D eigenvalue weighted by atomic mass is 10.0. The summed E-state index contributed by atoms with van der Waals surface area (Å²) in [6, 6.07) is 3.56. The van der Waals surface area contributed by atoms with Gasteiger partial charge in [0.05, 0.1) is 13.1 Å². The molecule has 1 aromatic heterocycles. The van der Waals surface area contributed by atoms with Gasteiger partial charge in [0.25, 0.3) is 0 Å². The Morgan fingerprint density at radius 2 is 1.42 bits per heavy atom. The molecule has 0 saturated heterocycles. The summed E-state index contributed by atoms with van der Waals surface area (Å²) in [7, 11) is 0. The molecule has 0 aliphatic rings. The van der Waals surface area contributed by atoms with Gasteiger partial charge in [-0.05, 0) is 51.3 Å². The van der Waals surface area contributed by atoms with Crippen LogP contribution < -0.4 is 43.4 Å². The fourth-order valence-corrected chi connectivity index (χ4v) is 4.31. The predicted molar refractivity (Wildman–Crippen MR) is 165 cm³/mol. The van der Waals surface area contributed by atoms with E-state index >= 15 is 0 Å². The zero-order valence-electron chi connectivity index (χ0n) is 25.7. The first-order chi connectivity index (χ1) is 21.3. The van der Waals surface area contributed by atoms with Gasteiger partial charge in [-0.25, -0.2) is 0 Å². The quantitative estimate of drug-likeness (QED) is 0.0798. The second-order valence-electron chi connectivity index (χ2n) is 10.6. The molecule has 1 heterocycles. The van der Waals surface area contributed by atoms with Crippen molar-refractivity contribution >= 4 is 52.3 Å². The van der Waals surface area contributed by atoms with Crippen molar-refractivity contribution in [1.82, 2.24) is 36.9 Å². The Kier molecular flexibility index (Phi) is 14.5. The maximum atomic E-state index is 13.0. The van der Waals surface area contributed by atoms with Crippen LogP contribution in [-0.4, -0.2) is 90.1 Å². The zero-order valence-corrected chi connectivity index (χ0v) is 25.7. The van der Waals surface area contributed by atoms with Crippen LogP contribution in [0.15, 0.2) is 30.5 Å². The number of aromatic amines is 1. The molecule has 16 nitrogen and oxygen atoms in total. The molecule has 16 heteroatoms. The van der Waals surface area contributed by atoms with Crippen molar-refractivity contribution in [3.05, 3.63) is 36.0 Å². The Morgan fingerprint density at radius 1 is 0.778 bits per heavy atom. The standard InChI is InChI=1S/C29H43N9O7/c1-16(26(31)42)35-28(44)22(10-6-7-11-30)38-25(41)15-33-24(40)14-34-27(43)17(2)36-29(45)23(37-18(3)39)12-19-13-32-21-9-5-4-8-20(19)21/h4-5,8-9,13,16-17,22-23,32H,6-7,10-12,14-15,30H2,1-3H3,(H2,31,42)(H,33,40)(H,34,43)(H,35,44)(H,36,45)(H,37,39)(H,38,41)/t16-,17-,22-,23-/m0/s1. The number of aromatic nitrogens is 1. The summed E-state index contributed by atoms with van der Waals surface area (Å²) in [5, 5.41) is 15.7. The van der Waals surface area contributed by atoms with Crippen LogP contribution in [0.1, 0.15) is 45.6 Å². The molecule has 11 N–H and O–H groups in total. The van der Waals surface area contributed by atoms with Crippen molar-refractivity contribution in [2.24, 2.45) is 11.5 Å². The van der Waals surface area contributed by atoms with Crippen LogP contribution in [0.25, 0.3) is 10.9 Å². The summed E-state index contributed by atoms with van der Waals surface area (Å²) in [6.07, 6.45) is 3.31. The Labute approximate surface area is 260 Å². The number of unbranched alkanes of at least 4 members (excludes halogenated alkanes) is 1. The van der Waals surface area contributed by atoms with Crippen LogP contribution in [0.5, 0.6) is 0 Å². The maximum Gasteiger partial charge on any atom is 0.243 e. The van der Waals surface area contributed by atoms with Gasteiger partial charge in [-0.3, -0.25) is 33.6 Å². The smallest absolute Gasteiger partial charge is 0.243 e. The van der Waals surface area contributed by atoms with Crippen LogP contribution in [0.2, 0.25) is 0 Å². The summed E-state index contributed by atoms with van der Waals surface area (Å²) >= 11 is 0. The SMILES string of the molecule is CC(=O)N[C@@H](Cc1c[nH]c2ccccc12)C(=O)N[C@@H](C)C(=O)NCC(=O)NCC(=O)N[C@@H](CCCCN)C(=O)N[C@@H](C)C(N)=O. The molecular formula is C29H43N9O7. The number of hydrogen-bond acceptors (Lipinski definition) is 8. The van der Waals surface area contributed by atoms with Gasteiger partial charge in [0.15, 0.2) is 0 Å². The van der Waals surface area contributed by atoms with E-state index in [2.05, 4.69) is 36.9 Å². The Bertz CT molecular complexity index is 1380. The predicted octanol–water partition coefficient (Wildman–Crippen LogP) is -2.44. The second-order valence-corrected chi connectivity index (χ2v) is 10.6. The first kappa shape index (κ1) is 36.2. The van der Waals surface area contributed by atoms with Crippen molar-refractivity contribution in [3.8, 4) is 0 Å². The van der Waals surface area contributed by atoms with Crippen LogP contribution in [-0.2, 0) is 40.0 Å². The largest absolute Gasteiger partial charge is 0.368 e. The van der Waals surface area contributed by atoms with E-state index in [9.17, 15) is 33.6 Å². The number of amides is 7. The van der Waals surface area contributed by atoms with Crippen molar-refractivity contribution in [2.45, 2.75) is 70.6 Å². The minimum Gasteiger partial charge on any atom is -0.368 e. The second kappa shape index (κ2) is 18.0. The van der Waals surface area contributed by atoms with Crippen molar-refractivity contribution in [2.75, 3.05) is 19.6 Å². The number of nitrogens with two attached hydrogens (primary N) is 2. The van der Waals surface area contributed by atoms with Crippen LogP contribution in [0.3, 0.4) is 0 Å². The number of carbonyl (C=O) groups is 7. The average molecular weight is 630 g/mol. The summed E-state index contributed by atoms with van der Waals surface area (Å²) in [6.45, 7) is 3.53. The normalized spacial score (nSPS) is 13.4. The average Bonchev–Trinajstić information content (AvgIpc) is 3.40. The number of fused-ring (bicyclic) bond motifs is 1. The first-order valence-electron chi connectivity index (χ1n) is 14.6. The minimum atomic E-state index is -1.05. The van der Waals surface area contributed by atoms with Crippen molar-refractivity contribution in [1.29, 1.82) is 0 Å². The number of para-hydroxylation sites is 1. The van der Waals surface area contributed by atoms with E-state index in [0.717, 1.165) is 16.5 Å². The summed E-state index contributed by atoms with van der Waals surface area (Å²) in [5.41, 5.74) is 12.4. The third kappa shape index (κ3) is 12.3. The molecule has 2 aromatic rings. The highest BCUT2D eigenvalue weighted by Crippen LogP contribution is 2.19. The van der Waals surface area contributed by atoms with E-state index in [1.54, 1.807) is 6.20 Å². The highest BCUT2D eigenvalue weighted by atomic mass is 16.2. The van der Waals surface area contributed by atoms with E-state index in [1.165, 1.54) is 20.8 Å². The Morgan fingerprint density at radius 3 is 2.09 bits per heavy atom. The minimum absolute atomic E-state index is 0.175. The zero-order chi connectivity index (χ0) is 33.5. The molecule has 0 bridgehead atoms. The van der Waals surface area contributed by atoms with Gasteiger partial charge in [0.2, 0.25) is 41.4 Å². The highest BCUT2D eigenvalue weighted by molar-refractivity contribution is 5.95. The van der Waals surface area contributed by atoms with Gasteiger partial charge in [-0.15, -0.1) is 0 Å². The molecular weight excluding hydrogens is 586 g/mol. The molecule has 0 radical (unpaired) electrons. The third-order valence-corrected chi connectivity index (χ3v) is 6.80. The number of carbonyl (C=O) groups excluding carboxylic acids is 7. The molecule has 45 heavy (non-hydrogen) atoms. The summed E-state index contributed by atoms with van der Waals surface area (Å²) in [4.78, 5) is 88.9. The van der Waals surface area contributed by atoms with Gasteiger partial charge in [-0.2, -0.15) is 0 Å². The number of benzene rings is 1. The fourth-order valence-electron chi connectivity index (χ4n) is 4.31. The molecule has 2 rings (SSSR count). The Hall–Kier alpha value is -4.99. The highest BCUT2D eigenvalue weighted by Gasteiger charge is 2.26. The van der Waals surface area contributed by atoms with Gasteiger partial charge in [0.1, 0.15) is 24.2 Å². The lowest BCUT2D eigenvalue weighted by Crippen LogP contribution is -2.54. The molecule has 7 amide bonds. The summed E-state index contributed by atoms with van der Waals surface area (Å²) in [5.74, 6) is -4.39. The molecule has 0 fully saturated rings. The fraction of sp³-hybridized carbons (Fsp3) is 0.483. The van der Waals surface area contributed by atoms with Crippen LogP contribution >= 0.6 is 0 Å². The number of H-pyrrole nitrogens is 1. The molecule has 246 valence electrons. The van der Waals surface area contributed by atoms with Gasteiger partial charge >= 0.3 is 0 Å². The lowest BCUT2D eigenvalue weighted by Gasteiger charge is -2.21. The topological polar surface area (TPSA) is 260 Å². The number of rotatable bonds is 18. The van der Waals surface area contributed by atoms with E-state index in [-0.39, 0.29) is 12.8 Å². The van der Waals surface area contributed by atoms with Crippen LogP contribution in [0, 0.1) is 0 Å². The van der Waals surface area contributed by atoms with E-state index < -0.39 is 78.6 Å². The molecule has 0 aliphatic heterocycles. The van der Waals surface area contributed by atoms with E-state index in [1.807, 2.05) is 24.3 Å². The molecule has 0 spiro atoms. The number of primary amides is 1. The number of hydrogen-bond donors (Lipinski definition) is 9. The molecule has 0 aliphatic carbocycles. The first-order valence-corrected chi connectivity index (χ1v) is 14.6. The van der Waals surface area contributed by atoms with Gasteiger partial charge in [0, 0.05) is 30.4 Å². The lowest BCUT2D eigenvalue weighted by molar-refractivity contribution is -0.132. The molecule has 0 unspecified atom stereocenters. The molecule has 1 aromatic carbocycles. The van der Waals surface area contributed by atoms with Gasteiger partial charge < -0.3 is 48.4 Å². The number of nitrogens with one attached hydrogen (secondary N) is 7. The summed E-state index contributed by atoms with van der Waals surface area (Å²) < 4.78 is 0. The maximum absolute atomic E-state index is 13.0. The monoisotopic (exact) mass is 629 g/mol. The van der Waals surface area contributed by atoms with Crippen molar-refractivity contribution in [3.63, 3.8) is 0 Å². The van der Waals surface area contributed by atoms with Crippen molar-refractivity contribution < 1.29 is 33.6 Å². The van der Waals surface area contributed by atoms with E-state index in [4.69, 9.17) is 11.5 Å². The third-order valence-electron chi connectivity index (χ3n) is 6.80. The van der Waals surface area contributed by atoms with Gasteiger partial charge in [-0.1, -0.05) is 18.2 Å². The molecule has 0 saturated carbocycles. The Balaban J connectivity index is 1.84. The van der Waals surface area contributed by atoms with Crippen LogP contribution in [0.4, 0.5) is 0 Å². The molecule has 4 atom stereocenters.